The molecule has 0 unspecified atom stereocenters. The summed E-state index contributed by atoms with van der Waals surface area (Å²) in [5.41, 5.74) is 0.252. The van der Waals surface area contributed by atoms with Gasteiger partial charge in [-0.25, -0.2) is 0 Å². The summed E-state index contributed by atoms with van der Waals surface area (Å²) in [6.45, 7) is 2.09. The Morgan fingerprint density at radius 1 is 1.40 bits per heavy atom. The molecule has 0 aromatic carbocycles. The predicted molar refractivity (Wildman–Crippen MR) is 59.1 cm³/mol. The Morgan fingerprint density at radius 3 is 2.67 bits per heavy atom. The molecule has 0 fully saturated rings. The minimum Gasteiger partial charge on any atom is -0.481 e. The lowest BCUT2D eigenvalue weighted by Gasteiger charge is -1.88. The van der Waals surface area contributed by atoms with Crippen LogP contribution in [0.5, 0.6) is 0 Å². The third-order valence-corrected chi connectivity index (χ3v) is 1.60. The average molecular weight is 205 g/mol. The van der Waals surface area contributed by atoms with Crippen molar-refractivity contribution < 1.29 is 9.90 Å². The number of hydrogen-bond acceptors (Lipinski definition) is 2. The van der Waals surface area contributed by atoms with Gasteiger partial charge in [-0.3, -0.25) is 4.79 Å². The molecule has 0 aromatic heterocycles. The van der Waals surface area contributed by atoms with Crippen molar-refractivity contribution in [1.29, 1.82) is 5.26 Å². The van der Waals surface area contributed by atoms with Crippen molar-refractivity contribution in [1.82, 2.24) is 0 Å². The van der Waals surface area contributed by atoms with E-state index in [0.717, 1.165) is 12.8 Å². The van der Waals surface area contributed by atoms with Crippen LogP contribution < -0.4 is 0 Å². The number of allylic oxidation sites excluding steroid dienone is 5. The van der Waals surface area contributed by atoms with Gasteiger partial charge in [0.15, 0.2) is 0 Å². The predicted octanol–water partition coefficient (Wildman–Crippen LogP) is 2.82. The number of nitriles is 1. The number of unbranched alkanes of at least 4 members (excludes halogenated alkanes) is 1. The second-order valence-corrected chi connectivity index (χ2v) is 2.98. The minimum atomic E-state index is -0.988. The number of hydrogen-bond donors (Lipinski definition) is 1. The van der Waals surface area contributed by atoms with Gasteiger partial charge in [0, 0.05) is 5.57 Å². The molecule has 0 rings (SSSR count). The summed E-state index contributed by atoms with van der Waals surface area (Å²) in [4.78, 5) is 10.3. The van der Waals surface area contributed by atoms with Gasteiger partial charge in [-0.15, -0.1) is 0 Å². The first-order valence-electron chi connectivity index (χ1n) is 4.85. The molecule has 0 radical (unpaired) electrons. The van der Waals surface area contributed by atoms with Crippen LogP contribution in [0, 0.1) is 11.3 Å². The first-order valence-corrected chi connectivity index (χ1v) is 4.85. The van der Waals surface area contributed by atoms with E-state index >= 15 is 0 Å². The second kappa shape index (κ2) is 8.76. The SMILES string of the molecule is CCC/C=C/C=C/C=C(\C#N)CC(=O)O. The number of aliphatic carboxylic acids is 1. The molecule has 0 aliphatic carbocycles. The highest BCUT2D eigenvalue weighted by Crippen LogP contribution is 1.99. The smallest absolute Gasteiger partial charge is 0.308 e. The Kier molecular flexibility index (Phi) is 7.70. The Bertz CT molecular complexity index is 319. The first-order chi connectivity index (χ1) is 7.20. The van der Waals surface area contributed by atoms with Gasteiger partial charge >= 0.3 is 5.97 Å². The molecule has 1 N–H and O–H groups in total. The van der Waals surface area contributed by atoms with Gasteiger partial charge in [0.05, 0.1) is 12.5 Å². The van der Waals surface area contributed by atoms with Crippen LogP contribution in [0.25, 0.3) is 0 Å². The van der Waals surface area contributed by atoms with Gasteiger partial charge < -0.3 is 5.11 Å². The van der Waals surface area contributed by atoms with Gasteiger partial charge in [-0.2, -0.15) is 5.26 Å². The fraction of sp³-hybridized carbons (Fsp3) is 0.333. The molecule has 0 aliphatic rings. The summed E-state index contributed by atoms with van der Waals surface area (Å²) in [5.74, 6) is -0.988. The summed E-state index contributed by atoms with van der Waals surface area (Å²) in [7, 11) is 0. The molecule has 3 nitrogen and oxygen atoms in total. The van der Waals surface area contributed by atoms with Gasteiger partial charge in [0.1, 0.15) is 0 Å². The van der Waals surface area contributed by atoms with Crippen molar-refractivity contribution in [2.24, 2.45) is 0 Å². The summed E-state index contributed by atoms with van der Waals surface area (Å²) in [5, 5.41) is 17.0. The van der Waals surface area contributed by atoms with Crippen molar-refractivity contribution in [3.63, 3.8) is 0 Å². The van der Waals surface area contributed by atoms with Crippen LogP contribution in [0.4, 0.5) is 0 Å². The summed E-state index contributed by atoms with van der Waals surface area (Å²) < 4.78 is 0. The van der Waals surface area contributed by atoms with E-state index in [4.69, 9.17) is 10.4 Å². The number of rotatable bonds is 6. The standard InChI is InChI=1S/C12H15NO2/c1-2-3-4-5-6-7-8-11(10-13)9-12(14)15/h4-8H,2-3,9H2,1H3,(H,14,15)/b5-4+,7-6+,11-8-. The topological polar surface area (TPSA) is 61.1 Å². The lowest BCUT2D eigenvalue weighted by Crippen LogP contribution is -1.95. The average Bonchev–Trinajstić information content (AvgIpc) is 2.20. The molecule has 0 aliphatic heterocycles. The highest BCUT2D eigenvalue weighted by Gasteiger charge is 2.00. The van der Waals surface area contributed by atoms with Crippen molar-refractivity contribution in [2.45, 2.75) is 26.2 Å². The molecule has 0 saturated carbocycles. The Balaban J connectivity index is 4.11. The van der Waals surface area contributed by atoms with Crippen LogP contribution in [-0.4, -0.2) is 11.1 Å². The third-order valence-electron chi connectivity index (χ3n) is 1.60. The lowest BCUT2D eigenvalue weighted by atomic mass is 10.2. The van der Waals surface area contributed by atoms with Crippen LogP contribution in [0.3, 0.4) is 0 Å². The maximum atomic E-state index is 10.3. The van der Waals surface area contributed by atoms with Crippen molar-refractivity contribution in [3.05, 3.63) is 36.0 Å². The summed E-state index contributed by atoms with van der Waals surface area (Å²) in [6, 6.07) is 1.84. The molecule has 3 heteroatoms. The molecular weight excluding hydrogens is 190 g/mol. The normalized spacial score (nSPS) is 12.1. The Morgan fingerprint density at radius 2 is 2.13 bits per heavy atom. The molecule has 0 aromatic rings. The van der Waals surface area contributed by atoms with Crippen LogP contribution >= 0.6 is 0 Å². The molecular formula is C12H15NO2. The van der Waals surface area contributed by atoms with E-state index in [1.54, 1.807) is 12.2 Å². The quantitative estimate of drug-likeness (QED) is 0.535. The maximum absolute atomic E-state index is 10.3. The number of carboxylic acids is 1. The molecule has 0 heterocycles. The monoisotopic (exact) mass is 205 g/mol. The molecule has 0 spiro atoms. The number of carboxylic acid groups (broad SMARTS) is 1. The maximum Gasteiger partial charge on any atom is 0.308 e. The molecule has 80 valence electrons. The third kappa shape index (κ3) is 8.51. The Hall–Kier alpha value is -1.82. The van der Waals surface area contributed by atoms with Crippen LogP contribution in [0.1, 0.15) is 26.2 Å². The lowest BCUT2D eigenvalue weighted by molar-refractivity contribution is -0.136. The van der Waals surface area contributed by atoms with Crippen LogP contribution in [-0.2, 0) is 4.79 Å². The van der Waals surface area contributed by atoms with E-state index in [1.165, 1.54) is 6.08 Å². The van der Waals surface area contributed by atoms with E-state index in [-0.39, 0.29) is 12.0 Å². The highest BCUT2D eigenvalue weighted by atomic mass is 16.4. The van der Waals surface area contributed by atoms with E-state index in [9.17, 15) is 4.79 Å². The zero-order valence-corrected chi connectivity index (χ0v) is 8.81. The van der Waals surface area contributed by atoms with E-state index in [2.05, 4.69) is 6.92 Å². The summed E-state index contributed by atoms with van der Waals surface area (Å²) in [6.07, 6.45) is 10.8. The molecule has 0 bridgehead atoms. The van der Waals surface area contributed by atoms with Crippen LogP contribution in [0.2, 0.25) is 0 Å². The van der Waals surface area contributed by atoms with E-state index < -0.39 is 5.97 Å². The van der Waals surface area contributed by atoms with Gasteiger partial charge in [0.25, 0.3) is 0 Å². The fourth-order valence-corrected chi connectivity index (χ4v) is 0.876. The Labute approximate surface area is 90.0 Å². The van der Waals surface area contributed by atoms with E-state index in [0.29, 0.717) is 0 Å². The first kappa shape index (κ1) is 13.2. The van der Waals surface area contributed by atoms with E-state index in [1.807, 2.05) is 18.2 Å². The van der Waals surface area contributed by atoms with Gasteiger partial charge in [-0.05, 0) is 12.5 Å². The molecule has 0 atom stereocenters. The highest BCUT2D eigenvalue weighted by molar-refractivity contribution is 5.71. The fourth-order valence-electron chi connectivity index (χ4n) is 0.876. The zero-order valence-electron chi connectivity index (χ0n) is 8.81. The molecule has 15 heavy (non-hydrogen) atoms. The number of nitrogens with zero attached hydrogens (tertiary/aromatic N) is 1. The number of carbonyl (C=O) groups is 1. The van der Waals surface area contributed by atoms with Crippen molar-refractivity contribution >= 4 is 5.97 Å². The largest absolute Gasteiger partial charge is 0.481 e. The molecule has 0 saturated heterocycles. The summed E-state index contributed by atoms with van der Waals surface area (Å²) >= 11 is 0. The zero-order chi connectivity index (χ0) is 11.5. The van der Waals surface area contributed by atoms with Gasteiger partial charge in [-0.1, -0.05) is 37.6 Å². The second-order valence-electron chi connectivity index (χ2n) is 2.98. The molecule has 0 amide bonds. The van der Waals surface area contributed by atoms with Gasteiger partial charge in [0.2, 0.25) is 0 Å². The van der Waals surface area contributed by atoms with Crippen molar-refractivity contribution in [3.8, 4) is 6.07 Å². The van der Waals surface area contributed by atoms with Crippen LogP contribution in [0.15, 0.2) is 36.0 Å². The minimum absolute atomic E-state index is 0.223. The van der Waals surface area contributed by atoms with Crippen molar-refractivity contribution in [2.75, 3.05) is 0 Å².